The lowest BCUT2D eigenvalue weighted by Gasteiger charge is -2.13. The molecule has 0 spiro atoms. The molecule has 2 N–H and O–H groups in total. The van der Waals surface area contributed by atoms with Crippen LogP contribution in [0.1, 0.15) is 23.7 Å². The minimum Gasteiger partial charge on any atom is -0.496 e. The molecule has 1 aromatic carbocycles. The lowest BCUT2D eigenvalue weighted by Crippen LogP contribution is -2.37. The first kappa shape index (κ1) is 20.2. The third-order valence-corrected chi connectivity index (χ3v) is 3.29. The molecule has 1 heterocycles. The van der Waals surface area contributed by atoms with E-state index in [0.717, 1.165) is 36.7 Å². The Bertz CT molecular complexity index is 645. The van der Waals surface area contributed by atoms with E-state index < -0.39 is 0 Å². The Morgan fingerprint density at radius 1 is 1.29 bits per heavy atom. The van der Waals surface area contributed by atoms with Crippen LogP contribution in [0.2, 0.25) is 0 Å². The lowest BCUT2D eigenvalue weighted by atomic mass is 10.2. The normalized spacial score (nSPS) is 10.9. The molecule has 0 amide bonds. The molecule has 2 rings (SSSR count). The van der Waals surface area contributed by atoms with Gasteiger partial charge in [0.25, 0.3) is 0 Å². The molecule has 0 bridgehead atoms. The Balaban J connectivity index is 0.00000288. The third kappa shape index (κ3) is 6.34. The summed E-state index contributed by atoms with van der Waals surface area (Å²) in [4.78, 5) is 8.39. The molecule has 0 unspecified atom stereocenters. The topological polar surface area (TPSA) is 84.6 Å². The SMILES string of the molecule is CN=C(NCCCc1nc(C)no1)NCc1ccccc1OC.I. The number of nitrogens with zero attached hydrogens (tertiary/aromatic N) is 3. The van der Waals surface area contributed by atoms with Gasteiger partial charge in [0.15, 0.2) is 11.8 Å². The van der Waals surface area contributed by atoms with Crippen LogP contribution in [-0.4, -0.2) is 36.8 Å². The van der Waals surface area contributed by atoms with Gasteiger partial charge in [-0.3, -0.25) is 4.99 Å². The predicted molar refractivity (Wildman–Crippen MR) is 104 cm³/mol. The monoisotopic (exact) mass is 445 g/mol. The quantitative estimate of drug-likeness (QED) is 0.295. The maximum Gasteiger partial charge on any atom is 0.226 e. The molecule has 0 saturated carbocycles. The van der Waals surface area contributed by atoms with Crippen LogP contribution in [0.5, 0.6) is 5.75 Å². The summed E-state index contributed by atoms with van der Waals surface area (Å²) < 4.78 is 10.4. The molecule has 132 valence electrons. The van der Waals surface area contributed by atoms with E-state index in [1.807, 2.05) is 31.2 Å². The Labute approximate surface area is 159 Å². The second kappa shape index (κ2) is 10.8. The molecule has 1 aromatic heterocycles. The number of aromatic nitrogens is 2. The molecule has 0 aliphatic carbocycles. The van der Waals surface area contributed by atoms with Gasteiger partial charge >= 0.3 is 0 Å². The van der Waals surface area contributed by atoms with Crippen LogP contribution in [0.25, 0.3) is 0 Å². The van der Waals surface area contributed by atoms with Crippen LogP contribution >= 0.6 is 24.0 Å². The van der Waals surface area contributed by atoms with Crippen molar-refractivity contribution in [1.29, 1.82) is 0 Å². The number of ether oxygens (including phenoxy) is 1. The van der Waals surface area contributed by atoms with Crippen LogP contribution < -0.4 is 15.4 Å². The first-order valence-corrected chi connectivity index (χ1v) is 7.58. The van der Waals surface area contributed by atoms with Crippen LogP contribution in [0.4, 0.5) is 0 Å². The van der Waals surface area contributed by atoms with Crippen molar-refractivity contribution >= 4 is 29.9 Å². The second-order valence-electron chi connectivity index (χ2n) is 5.00. The van der Waals surface area contributed by atoms with Crippen molar-refractivity contribution in [2.75, 3.05) is 20.7 Å². The zero-order valence-electron chi connectivity index (χ0n) is 14.2. The summed E-state index contributed by atoms with van der Waals surface area (Å²) in [5.41, 5.74) is 1.08. The number of para-hydroxylation sites is 1. The minimum absolute atomic E-state index is 0. The number of guanidine groups is 1. The summed E-state index contributed by atoms with van der Waals surface area (Å²) in [6.07, 6.45) is 1.63. The van der Waals surface area contributed by atoms with E-state index in [1.54, 1.807) is 14.2 Å². The Morgan fingerprint density at radius 2 is 2.08 bits per heavy atom. The maximum atomic E-state index is 5.34. The lowest BCUT2D eigenvalue weighted by molar-refractivity contribution is 0.372. The average molecular weight is 445 g/mol. The van der Waals surface area contributed by atoms with Gasteiger partial charge in [-0.25, -0.2) is 0 Å². The number of methoxy groups -OCH3 is 1. The van der Waals surface area contributed by atoms with Gasteiger partial charge in [-0.2, -0.15) is 4.98 Å². The van der Waals surface area contributed by atoms with Crippen molar-refractivity contribution in [2.45, 2.75) is 26.3 Å². The van der Waals surface area contributed by atoms with E-state index in [2.05, 4.69) is 25.8 Å². The highest BCUT2D eigenvalue weighted by Crippen LogP contribution is 2.16. The summed E-state index contributed by atoms with van der Waals surface area (Å²) in [6, 6.07) is 7.91. The van der Waals surface area contributed by atoms with Crippen molar-refractivity contribution < 1.29 is 9.26 Å². The fourth-order valence-corrected chi connectivity index (χ4v) is 2.14. The summed E-state index contributed by atoms with van der Waals surface area (Å²) in [7, 11) is 3.42. The average Bonchev–Trinajstić information content (AvgIpc) is 3.00. The minimum atomic E-state index is 0. The number of hydrogen-bond donors (Lipinski definition) is 2. The third-order valence-electron chi connectivity index (χ3n) is 3.29. The first-order valence-electron chi connectivity index (χ1n) is 7.58. The standard InChI is InChI=1S/C16H23N5O2.HI/c1-12-20-15(23-21-12)9-6-10-18-16(17-2)19-11-13-7-4-5-8-14(13)22-3;/h4-5,7-8H,6,9-11H2,1-3H3,(H2,17,18,19);1H. The molecule has 0 saturated heterocycles. The zero-order chi connectivity index (χ0) is 16.5. The van der Waals surface area contributed by atoms with Crippen molar-refractivity contribution in [3.8, 4) is 5.75 Å². The summed E-state index contributed by atoms with van der Waals surface area (Å²) >= 11 is 0. The molecule has 7 nitrogen and oxygen atoms in total. The fraction of sp³-hybridized carbons (Fsp3) is 0.438. The highest BCUT2D eigenvalue weighted by atomic mass is 127. The van der Waals surface area contributed by atoms with Crippen LogP contribution in [0.15, 0.2) is 33.8 Å². The summed E-state index contributed by atoms with van der Waals surface area (Å²) in [5, 5.41) is 10.3. The van der Waals surface area contributed by atoms with Crippen LogP contribution in [-0.2, 0) is 13.0 Å². The van der Waals surface area contributed by atoms with Gasteiger partial charge in [0, 0.05) is 32.1 Å². The van der Waals surface area contributed by atoms with E-state index in [9.17, 15) is 0 Å². The highest BCUT2D eigenvalue weighted by molar-refractivity contribution is 14.0. The Kier molecular flexibility index (Phi) is 9.13. The highest BCUT2D eigenvalue weighted by Gasteiger charge is 2.04. The van der Waals surface area contributed by atoms with Crippen molar-refractivity contribution in [3.05, 3.63) is 41.5 Å². The molecule has 0 aliphatic heterocycles. The van der Waals surface area contributed by atoms with Crippen LogP contribution in [0.3, 0.4) is 0 Å². The number of benzene rings is 1. The molecule has 0 fully saturated rings. The van der Waals surface area contributed by atoms with Gasteiger partial charge in [-0.1, -0.05) is 23.4 Å². The van der Waals surface area contributed by atoms with Gasteiger partial charge in [0.05, 0.1) is 7.11 Å². The largest absolute Gasteiger partial charge is 0.496 e. The molecule has 24 heavy (non-hydrogen) atoms. The van der Waals surface area contributed by atoms with Gasteiger partial charge in [-0.05, 0) is 19.4 Å². The van der Waals surface area contributed by atoms with Crippen molar-refractivity contribution in [1.82, 2.24) is 20.8 Å². The molecule has 0 radical (unpaired) electrons. The van der Waals surface area contributed by atoms with E-state index in [-0.39, 0.29) is 24.0 Å². The van der Waals surface area contributed by atoms with Gasteiger partial charge in [0.1, 0.15) is 5.75 Å². The maximum absolute atomic E-state index is 5.34. The van der Waals surface area contributed by atoms with Gasteiger partial charge in [-0.15, -0.1) is 24.0 Å². The molecule has 0 atom stereocenters. The van der Waals surface area contributed by atoms with Gasteiger partial charge in [0.2, 0.25) is 5.89 Å². The predicted octanol–water partition coefficient (Wildman–Crippen LogP) is 2.30. The number of aliphatic imine (C=N–C) groups is 1. The van der Waals surface area contributed by atoms with E-state index in [1.165, 1.54) is 0 Å². The molecular weight excluding hydrogens is 421 g/mol. The number of nitrogens with one attached hydrogen (secondary N) is 2. The molecule has 8 heteroatoms. The number of rotatable bonds is 7. The molecular formula is C16H24IN5O2. The molecule has 2 aromatic rings. The van der Waals surface area contributed by atoms with Crippen molar-refractivity contribution in [2.24, 2.45) is 4.99 Å². The number of hydrogen-bond acceptors (Lipinski definition) is 5. The summed E-state index contributed by atoms with van der Waals surface area (Å²) in [6.45, 7) is 3.23. The zero-order valence-corrected chi connectivity index (χ0v) is 16.5. The molecule has 0 aliphatic rings. The van der Waals surface area contributed by atoms with E-state index in [0.29, 0.717) is 18.3 Å². The summed E-state index contributed by atoms with van der Waals surface area (Å²) in [5.74, 6) is 2.95. The second-order valence-corrected chi connectivity index (χ2v) is 5.00. The Hall–Kier alpha value is -1.84. The van der Waals surface area contributed by atoms with E-state index >= 15 is 0 Å². The van der Waals surface area contributed by atoms with E-state index in [4.69, 9.17) is 9.26 Å². The van der Waals surface area contributed by atoms with Gasteiger partial charge < -0.3 is 19.9 Å². The number of halogens is 1. The van der Waals surface area contributed by atoms with Crippen LogP contribution in [0, 0.1) is 6.92 Å². The first-order chi connectivity index (χ1) is 11.2. The fourth-order valence-electron chi connectivity index (χ4n) is 2.14. The smallest absolute Gasteiger partial charge is 0.226 e. The Morgan fingerprint density at radius 3 is 2.75 bits per heavy atom. The van der Waals surface area contributed by atoms with Crippen molar-refractivity contribution in [3.63, 3.8) is 0 Å². The number of aryl methyl sites for hydroxylation is 2.